The fourth-order valence-corrected chi connectivity index (χ4v) is 4.74. The molecule has 170 valence electrons. The molecule has 1 saturated heterocycles. The zero-order valence-electron chi connectivity index (χ0n) is 18.9. The highest BCUT2D eigenvalue weighted by Gasteiger charge is 2.33. The van der Waals surface area contributed by atoms with E-state index >= 15 is 0 Å². The van der Waals surface area contributed by atoms with Gasteiger partial charge in [-0.1, -0.05) is 30.3 Å². The van der Waals surface area contributed by atoms with Crippen LogP contribution in [-0.2, 0) is 29.0 Å². The molecule has 0 bridgehead atoms. The maximum atomic E-state index is 12.8. The summed E-state index contributed by atoms with van der Waals surface area (Å²) in [5.74, 6) is 1.69. The number of fused-ring (bicyclic) bond motifs is 1. The summed E-state index contributed by atoms with van der Waals surface area (Å²) < 4.78 is 1.65. The standard InChI is InChI=1S/C25H28N6O2/c1-18-21-15-22(32)31(14-10-19-7-3-2-4-8-19)25(21)28-24(27-18)20-9-5-12-29(16-20)23(33)17-30-13-6-11-26-30/h2-4,6-8,11,13,20H,5,9-10,12,14-17H2,1H3/t20-/m0/s1. The number of carbonyl (C=O) groups excluding carboxylic acids is 2. The van der Waals surface area contributed by atoms with Crippen molar-refractivity contribution < 1.29 is 9.59 Å². The van der Waals surface area contributed by atoms with Crippen molar-refractivity contribution in [2.24, 2.45) is 0 Å². The van der Waals surface area contributed by atoms with Gasteiger partial charge in [-0.15, -0.1) is 0 Å². The van der Waals surface area contributed by atoms with Crippen LogP contribution in [-0.4, -0.2) is 56.1 Å². The van der Waals surface area contributed by atoms with Crippen molar-refractivity contribution in [2.75, 3.05) is 24.5 Å². The number of hydrogen-bond donors (Lipinski definition) is 0. The van der Waals surface area contributed by atoms with Gasteiger partial charge in [-0.3, -0.25) is 19.2 Å². The number of aryl methyl sites for hydroxylation is 1. The summed E-state index contributed by atoms with van der Waals surface area (Å²) in [6.07, 6.45) is 6.46. The van der Waals surface area contributed by atoms with Crippen LogP contribution in [0.15, 0.2) is 48.8 Å². The van der Waals surface area contributed by atoms with Gasteiger partial charge in [-0.2, -0.15) is 5.10 Å². The van der Waals surface area contributed by atoms with Gasteiger partial charge in [0.1, 0.15) is 18.2 Å². The Bertz CT molecular complexity index is 1150. The van der Waals surface area contributed by atoms with Crippen molar-refractivity contribution in [3.8, 4) is 0 Å². The molecule has 4 heterocycles. The summed E-state index contributed by atoms with van der Waals surface area (Å²) in [4.78, 5) is 38.9. The minimum Gasteiger partial charge on any atom is -0.340 e. The average molecular weight is 445 g/mol. The molecular formula is C25H28N6O2. The predicted molar refractivity (Wildman–Crippen MR) is 124 cm³/mol. The number of piperidine rings is 1. The Balaban J connectivity index is 1.33. The predicted octanol–water partition coefficient (Wildman–Crippen LogP) is 2.52. The third-order valence-corrected chi connectivity index (χ3v) is 6.56. The zero-order valence-corrected chi connectivity index (χ0v) is 18.9. The molecule has 1 fully saturated rings. The van der Waals surface area contributed by atoms with Crippen molar-refractivity contribution in [1.82, 2.24) is 24.6 Å². The molecule has 0 spiro atoms. The van der Waals surface area contributed by atoms with Crippen molar-refractivity contribution in [3.63, 3.8) is 0 Å². The molecule has 2 aliphatic heterocycles. The number of aromatic nitrogens is 4. The molecule has 33 heavy (non-hydrogen) atoms. The number of amides is 2. The summed E-state index contributed by atoms with van der Waals surface area (Å²) in [5.41, 5.74) is 2.99. The van der Waals surface area contributed by atoms with Crippen LogP contribution in [0.1, 0.15) is 41.4 Å². The number of nitrogens with zero attached hydrogens (tertiary/aromatic N) is 6. The Morgan fingerprint density at radius 1 is 1.15 bits per heavy atom. The molecule has 2 aromatic heterocycles. The van der Waals surface area contributed by atoms with Gasteiger partial charge in [0, 0.05) is 49.2 Å². The van der Waals surface area contributed by atoms with E-state index in [4.69, 9.17) is 9.97 Å². The van der Waals surface area contributed by atoms with Crippen LogP contribution in [0.25, 0.3) is 0 Å². The Kier molecular flexibility index (Phi) is 5.90. The van der Waals surface area contributed by atoms with Gasteiger partial charge in [0.05, 0.1) is 6.42 Å². The van der Waals surface area contributed by atoms with E-state index in [9.17, 15) is 9.59 Å². The maximum Gasteiger partial charge on any atom is 0.244 e. The smallest absolute Gasteiger partial charge is 0.244 e. The first-order valence-corrected chi connectivity index (χ1v) is 11.6. The van der Waals surface area contributed by atoms with Crippen LogP contribution in [0.3, 0.4) is 0 Å². The Labute approximate surface area is 193 Å². The molecule has 5 rings (SSSR count). The monoisotopic (exact) mass is 444 g/mol. The molecule has 0 saturated carbocycles. The number of anilines is 1. The van der Waals surface area contributed by atoms with Crippen LogP contribution in [0.5, 0.6) is 0 Å². The minimum atomic E-state index is 0.0564. The highest BCUT2D eigenvalue weighted by Crippen LogP contribution is 2.33. The minimum absolute atomic E-state index is 0.0564. The van der Waals surface area contributed by atoms with E-state index in [0.717, 1.165) is 48.7 Å². The molecule has 0 unspecified atom stereocenters. The summed E-state index contributed by atoms with van der Waals surface area (Å²) in [6, 6.07) is 12.0. The Hall–Kier alpha value is -3.55. The van der Waals surface area contributed by atoms with Gasteiger partial charge in [-0.05, 0) is 37.8 Å². The first-order chi connectivity index (χ1) is 16.1. The van der Waals surface area contributed by atoms with Gasteiger partial charge in [0.2, 0.25) is 11.8 Å². The number of likely N-dealkylation sites (tertiary alicyclic amines) is 1. The molecule has 1 aromatic carbocycles. The summed E-state index contributed by atoms with van der Waals surface area (Å²) in [5, 5.41) is 4.14. The first kappa shape index (κ1) is 21.3. The van der Waals surface area contributed by atoms with Crippen molar-refractivity contribution >= 4 is 17.6 Å². The lowest BCUT2D eigenvalue weighted by atomic mass is 9.96. The molecule has 2 amide bonds. The van der Waals surface area contributed by atoms with Gasteiger partial charge < -0.3 is 4.90 Å². The number of benzene rings is 1. The van der Waals surface area contributed by atoms with Crippen molar-refractivity contribution in [1.29, 1.82) is 0 Å². The van der Waals surface area contributed by atoms with Gasteiger partial charge in [0.15, 0.2) is 0 Å². The van der Waals surface area contributed by atoms with E-state index in [1.54, 1.807) is 17.1 Å². The van der Waals surface area contributed by atoms with E-state index < -0.39 is 0 Å². The van der Waals surface area contributed by atoms with Gasteiger partial charge >= 0.3 is 0 Å². The fourth-order valence-electron chi connectivity index (χ4n) is 4.74. The summed E-state index contributed by atoms with van der Waals surface area (Å²) in [7, 11) is 0. The normalized spacial score (nSPS) is 18.0. The van der Waals surface area contributed by atoms with Crippen LogP contribution in [0.4, 0.5) is 5.82 Å². The Morgan fingerprint density at radius 3 is 2.79 bits per heavy atom. The van der Waals surface area contributed by atoms with E-state index in [0.29, 0.717) is 19.5 Å². The summed E-state index contributed by atoms with van der Waals surface area (Å²) in [6.45, 7) is 4.14. The maximum absolute atomic E-state index is 12.8. The molecule has 8 nitrogen and oxygen atoms in total. The van der Waals surface area contributed by atoms with Crippen molar-refractivity contribution in [2.45, 2.75) is 45.1 Å². The van der Waals surface area contributed by atoms with Crippen LogP contribution >= 0.6 is 0 Å². The highest BCUT2D eigenvalue weighted by molar-refractivity contribution is 6.00. The van der Waals surface area contributed by atoms with Crippen LogP contribution in [0, 0.1) is 6.92 Å². The first-order valence-electron chi connectivity index (χ1n) is 11.6. The molecular weight excluding hydrogens is 416 g/mol. The number of carbonyl (C=O) groups is 2. The summed E-state index contributed by atoms with van der Waals surface area (Å²) >= 11 is 0. The molecule has 2 aliphatic rings. The third kappa shape index (κ3) is 4.51. The second kappa shape index (κ2) is 9.13. The Morgan fingerprint density at radius 2 is 2.00 bits per heavy atom. The molecule has 0 aliphatic carbocycles. The fraction of sp³-hybridized carbons (Fsp3) is 0.400. The van der Waals surface area contributed by atoms with Gasteiger partial charge in [0.25, 0.3) is 0 Å². The number of rotatable bonds is 6. The third-order valence-electron chi connectivity index (χ3n) is 6.56. The number of hydrogen-bond acceptors (Lipinski definition) is 5. The molecule has 8 heteroatoms. The highest BCUT2D eigenvalue weighted by atomic mass is 16.2. The van der Waals surface area contributed by atoms with Crippen LogP contribution in [0.2, 0.25) is 0 Å². The van der Waals surface area contributed by atoms with Crippen molar-refractivity contribution in [3.05, 3.63) is 71.4 Å². The quantitative estimate of drug-likeness (QED) is 0.583. The topological polar surface area (TPSA) is 84.2 Å². The molecule has 0 N–H and O–H groups in total. The van der Waals surface area contributed by atoms with Gasteiger partial charge in [-0.25, -0.2) is 9.97 Å². The zero-order chi connectivity index (χ0) is 22.8. The van der Waals surface area contributed by atoms with E-state index in [1.165, 1.54) is 5.56 Å². The molecule has 3 aromatic rings. The molecule has 0 radical (unpaired) electrons. The average Bonchev–Trinajstić information content (AvgIpc) is 3.46. The van der Waals surface area contributed by atoms with E-state index in [1.807, 2.05) is 41.0 Å². The lowest BCUT2D eigenvalue weighted by molar-refractivity contribution is -0.133. The lowest BCUT2D eigenvalue weighted by Crippen LogP contribution is -2.41. The van der Waals surface area contributed by atoms with Crippen LogP contribution < -0.4 is 4.90 Å². The van der Waals surface area contributed by atoms with E-state index in [2.05, 4.69) is 17.2 Å². The molecule has 1 atom stereocenters. The largest absolute Gasteiger partial charge is 0.340 e. The SMILES string of the molecule is Cc1nc([C@H]2CCCN(C(=O)Cn3cccn3)C2)nc2c1CC(=O)N2CCc1ccccc1. The second-order valence-corrected chi connectivity index (χ2v) is 8.81. The lowest BCUT2D eigenvalue weighted by Gasteiger charge is -2.32. The second-order valence-electron chi connectivity index (χ2n) is 8.81. The van der Waals surface area contributed by atoms with E-state index in [-0.39, 0.29) is 24.3 Å².